The average molecular weight is 199 g/mol. The fraction of sp³-hybridized carbons (Fsp3) is 0.600. The lowest BCUT2D eigenvalue weighted by Crippen LogP contribution is -2.19. The molecule has 1 N–H and O–H groups in total. The summed E-state index contributed by atoms with van der Waals surface area (Å²) in [6.07, 6.45) is 5.07. The van der Waals surface area contributed by atoms with Crippen molar-refractivity contribution in [2.24, 2.45) is 0 Å². The highest BCUT2D eigenvalue weighted by Gasteiger charge is 2.05. The molecule has 0 unspecified atom stereocenters. The minimum atomic E-state index is 0.330. The lowest BCUT2D eigenvalue weighted by molar-refractivity contribution is 0.432. The molecule has 3 heteroatoms. The van der Waals surface area contributed by atoms with E-state index < -0.39 is 0 Å². The lowest BCUT2D eigenvalue weighted by Gasteiger charge is -2.10. The Bertz CT molecular complexity index is 211. The van der Waals surface area contributed by atoms with Crippen LogP contribution < -0.4 is 5.32 Å². The molecule has 1 heterocycles. The minimum absolute atomic E-state index is 0.330. The van der Waals surface area contributed by atoms with Gasteiger partial charge in [0.1, 0.15) is 5.76 Å². The number of rotatable bonds is 6. The normalized spacial score (nSPS) is 13.1. The summed E-state index contributed by atoms with van der Waals surface area (Å²) >= 11 is 1.89. The van der Waals surface area contributed by atoms with Gasteiger partial charge in [0, 0.05) is 0 Å². The molecule has 0 saturated heterocycles. The van der Waals surface area contributed by atoms with E-state index in [2.05, 4.69) is 18.5 Å². The van der Waals surface area contributed by atoms with Crippen molar-refractivity contribution in [2.75, 3.05) is 18.6 Å². The third kappa shape index (κ3) is 3.87. The molecule has 0 amide bonds. The monoisotopic (exact) mass is 199 g/mol. The van der Waals surface area contributed by atoms with Gasteiger partial charge >= 0.3 is 0 Å². The SMILES string of the molecule is CSCCCN[C@H](C)c1ccco1. The lowest BCUT2D eigenvalue weighted by atomic mass is 10.2. The van der Waals surface area contributed by atoms with Gasteiger partial charge < -0.3 is 9.73 Å². The van der Waals surface area contributed by atoms with E-state index in [0.717, 1.165) is 12.3 Å². The van der Waals surface area contributed by atoms with Crippen LogP contribution in [0.3, 0.4) is 0 Å². The smallest absolute Gasteiger partial charge is 0.120 e. The quantitative estimate of drug-likeness (QED) is 0.713. The summed E-state index contributed by atoms with van der Waals surface area (Å²) in [6, 6.07) is 4.26. The molecule has 0 aliphatic heterocycles. The molecule has 0 spiro atoms. The Kier molecular flexibility index (Phi) is 5.01. The van der Waals surface area contributed by atoms with Crippen LogP contribution in [0.4, 0.5) is 0 Å². The van der Waals surface area contributed by atoms with Crippen LogP contribution >= 0.6 is 11.8 Å². The molecule has 0 bridgehead atoms. The van der Waals surface area contributed by atoms with E-state index in [9.17, 15) is 0 Å². The second kappa shape index (κ2) is 6.11. The standard InChI is InChI=1S/C10H17NOS/c1-9(10-5-3-7-12-10)11-6-4-8-13-2/h3,5,7,9,11H,4,6,8H2,1-2H3/t9-/m1/s1. The zero-order valence-corrected chi connectivity index (χ0v) is 9.06. The second-order valence-electron chi connectivity index (χ2n) is 3.04. The van der Waals surface area contributed by atoms with Crippen LogP contribution in [0.15, 0.2) is 22.8 Å². The highest BCUT2D eigenvalue weighted by molar-refractivity contribution is 7.98. The summed E-state index contributed by atoms with van der Waals surface area (Å²) in [5, 5.41) is 3.41. The van der Waals surface area contributed by atoms with Crippen LogP contribution in [-0.4, -0.2) is 18.6 Å². The highest BCUT2D eigenvalue weighted by Crippen LogP contribution is 2.11. The maximum atomic E-state index is 5.28. The van der Waals surface area contributed by atoms with E-state index in [1.165, 1.54) is 12.2 Å². The molecule has 0 aliphatic rings. The summed E-state index contributed by atoms with van der Waals surface area (Å²) < 4.78 is 5.28. The molecule has 1 aromatic rings. The van der Waals surface area contributed by atoms with Crippen LogP contribution in [-0.2, 0) is 0 Å². The van der Waals surface area contributed by atoms with E-state index in [4.69, 9.17) is 4.42 Å². The van der Waals surface area contributed by atoms with Crippen molar-refractivity contribution in [1.82, 2.24) is 5.32 Å². The number of hydrogen-bond donors (Lipinski definition) is 1. The largest absolute Gasteiger partial charge is 0.468 e. The van der Waals surface area contributed by atoms with Gasteiger partial charge in [-0.25, -0.2) is 0 Å². The summed E-state index contributed by atoms with van der Waals surface area (Å²) in [5.41, 5.74) is 0. The maximum absolute atomic E-state index is 5.28. The molecule has 13 heavy (non-hydrogen) atoms. The highest BCUT2D eigenvalue weighted by atomic mass is 32.2. The van der Waals surface area contributed by atoms with E-state index in [1.54, 1.807) is 6.26 Å². The topological polar surface area (TPSA) is 25.2 Å². The second-order valence-corrected chi connectivity index (χ2v) is 4.02. The first-order valence-corrected chi connectivity index (χ1v) is 5.99. The van der Waals surface area contributed by atoms with Crippen LogP contribution in [0.5, 0.6) is 0 Å². The Hall–Kier alpha value is -0.410. The number of nitrogens with one attached hydrogen (secondary N) is 1. The molecule has 1 atom stereocenters. The average Bonchev–Trinajstić information content (AvgIpc) is 2.65. The van der Waals surface area contributed by atoms with Gasteiger partial charge in [-0.05, 0) is 44.0 Å². The Labute approximate surface area is 84.1 Å². The molecule has 74 valence electrons. The van der Waals surface area contributed by atoms with E-state index in [1.807, 2.05) is 23.9 Å². The predicted octanol–water partition coefficient (Wildman–Crippen LogP) is 2.68. The van der Waals surface area contributed by atoms with Crippen molar-refractivity contribution in [2.45, 2.75) is 19.4 Å². The molecule has 0 aliphatic carbocycles. The van der Waals surface area contributed by atoms with Gasteiger partial charge in [-0.3, -0.25) is 0 Å². The molecule has 0 fully saturated rings. The first-order chi connectivity index (χ1) is 6.34. The van der Waals surface area contributed by atoms with Gasteiger partial charge in [-0.2, -0.15) is 11.8 Å². The van der Waals surface area contributed by atoms with Gasteiger partial charge in [0.05, 0.1) is 12.3 Å². The summed E-state index contributed by atoms with van der Waals surface area (Å²) in [7, 11) is 0. The molecule has 0 radical (unpaired) electrons. The third-order valence-corrected chi connectivity index (χ3v) is 2.64. The van der Waals surface area contributed by atoms with Crippen LogP contribution in [0.1, 0.15) is 25.1 Å². The Morgan fingerprint density at radius 3 is 3.08 bits per heavy atom. The maximum Gasteiger partial charge on any atom is 0.120 e. The Balaban J connectivity index is 2.15. The van der Waals surface area contributed by atoms with E-state index in [-0.39, 0.29) is 0 Å². The number of thioether (sulfide) groups is 1. The van der Waals surface area contributed by atoms with Crippen LogP contribution in [0.2, 0.25) is 0 Å². The molecular weight excluding hydrogens is 182 g/mol. The molecule has 2 nitrogen and oxygen atoms in total. The van der Waals surface area contributed by atoms with Gasteiger partial charge in [0.2, 0.25) is 0 Å². The summed E-state index contributed by atoms with van der Waals surface area (Å²) in [4.78, 5) is 0. The molecule has 0 aromatic carbocycles. The van der Waals surface area contributed by atoms with Gasteiger partial charge in [-0.1, -0.05) is 0 Å². The molecule has 1 aromatic heterocycles. The van der Waals surface area contributed by atoms with Crippen molar-refractivity contribution < 1.29 is 4.42 Å². The molecular formula is C10H17NOS. The van der Waals surface area contributed by atoms with E-state index >= 15 is 0 Å². The van der Waals surface area contributed by atoms with Gasteiger partial charge in [0.25, 0.3) is 0 Å². The number of hydrogen-bond acceptors (Lipinski definition) is 3. The van der Waals surface area contributed by atoms with Crippen molar-refractivity contribution in [1.29, 1.82) is 0 Å². The first kappa shape index (κ1) is 10.7. The zero-order valence-electron chi connectivity index (χ0n) is 8.25. The summed E-state index contributed by atoms with van der Waals surface area (Å²) in [5.74, 6) is 2.24. The van der Waals surface area contributed by atoms with Crippen molar-refractivity contribution in [3.05, 3.63) is 24.2 Å². The van der Waals surface area contributed by atoms with Crippen molar-refractivity contribution >= 4 is 11.8 Å². The van der Waals surface area contributed by atoms with Crippen molar-refractivity contribution in [3.63, 3.8) is 0 Å². The zero-order chi connectivity index (χ0) is 9.52. The van der Waals surface area contributed by atoms with Crippen LogP contribution in [0.25, 0.3) is 0 Å². The first-order valence-electron chi connectivity index (χ1n) is 4.60. The van der Waals surface area contributed by atoms with Gasteiger partial charge in [-0.15, -0.1) is 0 Å². The predicted molar refractivity (Wildman–Crippen MR) is 58.1 cm³/mol. The van der Waals surface area contributed by atoms with E-state index in [0.29, 0.717) is 6.04 Å². The van der Waals surface area contributed by atoms with Crippen molar-refractivity contribution in [3.8, 4) is 0 Å². The molecule has 1 rings (SSSR count). The third-order valence-electron chi connectivity index (χ3n) is 1.95. The summed E-state index contributed by atoms with van der Waals surface area (Å²) in [6.45, 7) is 3.18. The van der Waals surface area contributed by atoms with Gasteiger partial charge in [0.15, 0.2) is 0 Å². The molecule has 0 saturated carbocycles. The Morgan fingerprint density at radius 2 is 2.46 bits per heavy atom. The Morgan fingerprint density at radius 1 is 1.62 bits per heavy atom. The fourth-order valence-electron chi connectivity index (χ4n) is 1.17. The number of furan rings is 1. The van der Waals surface area contributed by atoms with Crippen LogP contribution in [0, 0.1) is 0 Å². The minimum Gasteiger partial charge on any atom is -0.468 e. The fourth-order valence-corrected chi connectivity index (χ4v) is 1.61.